The maximum absolute atomic E-state index is 3.57. The predicted molar refractivity (Wildman–Crippen MR) is 83.5 cm³/mol. The summed E-state index contributed by atoms with van der Waals surface area (Å²) in [5, 5.41) is 0. The van der Waals surface area contributed by atoms with Crippen molar-refractivity contribution in [2.24, 2.45) is 0 Å². The van der Waals surface area contributed by atoms with Crippen LogP contribution in [0.4, 0.5) is 0 Å². The molecule has 2 aromatic carbocycles. The Balaban J connectivity index is 2.15. The van der Waals surface area contributed by atoms with Gasteiger partial charge in [-0.15, -0.1) is 0 Å². The van der Waals surface area contributed by atoms with Crippen LogP contribution in [0.1, 0.15) is 24.0 Å². The van der Waals surface area contributed by atoms with Crippen LogP contribution >= 0.6 is 31.9 Å². The van der Waals surface area contributed by atoms with Gasteiger partial charge in [-0.1, -0.05) is 67.8 Å². The fraction of sp³-hybridized carbons (Fsp3) is 0.125. The number of benzene rings is 2. The van der Waals surface area contributed by atoms with Crippen molar-refractivity contribution in [1.82, 2.24) is 0 Å². The first kappa shape index (κ1) is 12.2. The summed E-state index contributed by atoms with van der Waals surface area (Å²) in [4.78, 5) is 0. The van der Waals surface area contributed by atoms with E-state index in [1.165, 1.54) is 29.5 Å². The summed E-state index contributed by atoms with van der Waals surface area (Å²) in [6.45, 7) is 0. The lowest BCUT2D eigenvalue weighted by atomic mass is 9.97. The topological polar surface area (TPSA) is 0 Å². The van der Waals surface area contributed by atoms with Crippen molar-refractivity contribution in [2.45, 2.75) is 12.8 Å². The van der Waals surface area contributed by atoms with Gasteiger partial charge in [-0.3, -0.25) is 0 Å². The molecule has 0 unspecified atom stereocenters. The molecule has 0 saturated heterocycles. The normalized spacial score (nSPS) is 13.6. The summed E-state index contributed by atoms with van der Waals surface area (Å²) < 4.78 is 2.23. The maximum Gasteiger partial charge on any atom is 0.0192 e. The van der Waals surface area contributed by atoms with E-state index < -0.39 is 0 Å². The van der Waals surface area contributed by atoms with E-state index in [1.54, 1.807) is 5.57 Å². The zero-order valence-corrected chi connectivity index (χ0v) is 13.0. The highest BCUT2D eigenvalue weighted by Gasteiger charge is 2.20. The molecule has 0 amide bonds. The Morgan fingerprint density at radius 1 is 0.778 bits per heavy atom. The fourth-order valence-electron chi connectivity index (χ4n) is 2.19. The van der Waals surface area contributed by atoms with Crippen molar-refractivity contribution in [1.29, 1.82) is 0 Å². The molecule has 0 nitrogen and oxygen atoms in total. The van der Waals surface area contributed by atoms with Crippen molar-refractivity contribution in [3.63, 3.8) is 0 Å². The molecule has 1 fully saturated rings. The molecule has 18 heavy (non-hydrogen) atoms. The lowest BCUT2D eigenvalue weighted by Gasteiger charge is -2.09. The van der Waals surface area contributed by atoms with Gasteiger partial charge in [0.15, 0.2) is 0 Å². The van der Waals surface area contributed by atoms with Crippen LogP contribution in [0, 0.1) is 0 Å². The number of halogens is 2. The van der Waals surface area contributed by atoms with E-state index in [2.05, 4.69) is 80.4 Å². The van der Waals surface area contributed by atoms with Crippen molar-refractivity contribution in [3.8, 4) is 0 Å². The van der Waals surface area contributed by atoms with Crippen molar-refractivity contribution < 1.29 is 0 Å². The molecule has 0 radical (unpaired) electrons. The summed E-state index contributed by atoms with van der Waals surface area (Å²) in [6.07, 6.45) is 2.46. The number of allylic oxidation sites excluding steroid dienone is 1. The van der Waals surface area contributed by atoms with E-state index in [9.17, 15) is 0 Å². The quantitative estimate of drug-likeness (QED) is 0.631. The molecule has 0 heterocycles. The molecule has 0 bridgehead atoms. The molecular formula is C16H12Br2. The molecule has 2 aromatic rings. The largest absolute Gasteiger partial charge is 0.0622 e. The van der Waals surface area contributed by atoms with Gasteiger partial charge in [0.1, 0.15) is 0 Å². The van der Waals surface area contributed by atoms with Crippen LogP contribution in [0.3, 0.4) is 0 Å². The molecule has 3 rings (SSSR count). The number of hydrogen-bond donors (Lipinski definition) is 0. The first-order valence-corrected chi connectivity index (χ1v) is 7.56. The first-order chi connectivity index (χ1) is 8.74. The van der Waals surface area contributed by atoms with Crippen molar-refractivity contribution >= 4 is 37.4 Å². The van der Waals surface area contributed by atoms with E-state index >= 15 is 0 Å². The van der Waals surface area contributed by atoms with Gasteiger partial charge < -0.3 is 0 Å². The first-order valence-electron chi connectivity index (χ1n) is 5.98. The van der Waals surface area contributed by atoms with Crippen LogP contribution in [-0.2, 0) is 0 Å². The van der Waals surface area contributed by atoms with Crippen LogP contribution in [0.2, 0.25) is 0 Å². The van der Waals surface area contributed by atoms with Gasteiger partial charge in [-0.2, -0.15) is 0 Å². The summed E-state index contributed by atoms with van der Waals surface area (Å²) in [6, 6.07) is 17.1. The molecule has 0 atom stereocenters. The lowest BCUT2D eigenvalue weighted by Crippen LogP contribution is -1.88. The fourth-order valence-corrected chi connectivity index (χ4v) is 3.48. The minimum Gasteiger partial charge on any atom is -0.0622 e. The minimum absolute atomic E-state index is 1.11. The second-order valence-corrected chi connectivity index (χ2v) is 6.33. The second-order valence-electron chi connectivity index (χ2n) is 4.50. The zero-order valence-electron chi connectivity index (χ0n) is 9.79. The van der Waals surface area contributed by atoms with Gasteiger partial charge in [0.2, 0.25) is 0 Å². The van der Waals surface area contributed by atoms with E-state index in [0.29, 0.717) is 0 Å². The Hall–Kier alpha value is -0.860. The third-order valence-corrected chi connectivity index (χ3v) is 3.98. The molecule has 0 N–H and O–H groups in total. The molecule has 0 aliphatic heterocycles. The predicted octanol–water partition coefficient (Wildman–Crippen LogP) is 5.81. The summed E-state index contributed by atoms with van der Waals surface area (Å²) in [5.41, 5.74) is 5.56. The summed E-state index contributed by atoms with van der Waals surface area (Å²) in [7, 11) is 0. The van der Waals surface area contributed by atoms with Crippen LogP contribution < -0.4 is 0 Å². The zero-order chi connectivity index (χ0) is 12.5. The van der Waals surface area contributed by atoms with Gasteiger partial charge >= 0.3 is 0 Å². The summed E-state index contributed by atoms with van der Waals surface area (Å²) in [5.74, 6) is 0. The molecule has 0 aromatic heterocycles. The highest BCUT2D eigenvalue weighted by Crippen LogP contribution is 2.41. The molecule has 90 valence electrons. The van der Waals surface area contributed by atoms with Crippen LogP contribution in [0.15, 0.2) is 63.0 Å². The molecule has 1 saturated carbocycles. The van der Waals surface area contributed by atoms with E-state index in [0.717, 1.165) is 8.95 Å². The Labute approximate surface area is 124 Å². The highest BCUT2D eigenvalue weighted by atomic mass is 79.9. The van der Waals surface area contributed by atoms with Crippen molar-refractivity contribution in [2.75, 3.05) is 0 Å². The summed E-state index contributed by atoms with van der Waals surface area (Å²) >= 11 is 7.14. The van der Waals surface area contributed by atoms with Crippen LogP contribution in [0.5, 0.6) is 0 Å². The third kappa shape index (κ3) is 2.60. The SMILES string of the molecule is Brc1cc(Br)cc(C(=C2CC2)c2ccccc2)c1. The highest BCUT2D eigenvalue weighted by molar-refractivity contribution is 9.11. The molecule has 1 aliphatic rings. The van der Waals surface area contributed by atoms with E-state index in [-0.39, 0.29) is 0 Å². The minimum atomic E-state index is 1.11. The Bertz CT molecular complexity index is 586. The van der Waals surface area contributed by atoms with E-state index in [1.807, 2.05) is 0 Å². The monoisotopic (exact) mass is 362 g/mol. The Morgan fingerprint density at radius 2 is 1.39 bits per heavy atom. The smallest absolute Gasteiger partial charge is 0.0192 e. The Kier molecular flexibility index (Phi) is 3.40. The van der Waals surface area contributed by atoms with Gasteiger partial charge in [0.25, 0.3) is 0 Å². The van der Waals surface area contributed by atoms with Gasteiger partial charge in [-0.05, 0) is 47.7 Å². The molecule has 2 heteroatoms. The average molecular weight is 364 g/mol. The maximum atomic E-state index is 3.57. The second kappa shape index (κ2) is 5.02. The van der Waals surface area contributed by atoms with Crippen molar-refractivity contribution in [3.05, 3.63) is 74.2 Å². The third-order valence-electron chi connectivity index (χ3n) is 3.07. The molecule has 0 spiro atoms. The van der Waals surface area contributed by atoms with Crippen LogP contribution in [0.25, 0.3) is 5.57 Å². The van der Waals surface area contributed by atoms with Gasteiger partial charge in [0, 0.05) is 8.95 Å². The Morgan fingerprint density at radius 3 is 1.94 bits per heavy atom. The van der Waals surface area contributed by atoms with E-state index in [4.69, 9.17) is 0 Å². The number of hydrogen-bond acceptors (Lipinski definition) is 0. The van der Waals surface area contributed by atoms with Gasteiger partial charge in [-0.25, -0.2) is 0 Å². The molecule has 1 aliphatic carbocycles. The average Bonchev–Trinajstić information content (AvgIpc) is 3.14. The van der Waals surface area contributed by atoms with Gasteiger partial charge in [0.05, 0.1) is 0 Å². The number of rotatable bonds is 2. The van der Waals surface area contributed by atoms with Crippen LogP contribution in [-0.4, -0.2) is 0 Å². The molecular weight excluding hydrogens is 352 g/mol. The standard InChI is InChI=1S/C16H12Br2/c17-14-8-13(9-15(18)10-14)16(12-6-7-12)11-4-2-1-3-5-11/h1-5,8-10H,6-7H2. The lowest BCUT2D eigenvalue weighted by molar-refractivity contribution is 1.49.